The maximum atomic E-state index is 12.4. The Morgan fingerprint density at radius 1 is 0.771 bits per heavy atom. The fraction of sp³-hybridized carbons (Fsp3) is 0.400. The molecule has 0 spiro atoms. The second kappa shape index (κ2) is 11.6. The van der Waals surface area contributed by atoms with E-state index in [4.69, 9.17) is 14.2 Å². The van der Waals surface area contributed by atoms with Crippen LogP contribution in [0.25, 0.3) is 0 Å². The van der Waals surface area contributed by atoms with Gasteiger partial charge in [-0.15, -0.1) is 0 Å². The van der Waals surface area contributed by atoms with E-state index < -0.39 is 5.60 Å². The first-order valence-electron chi connectivity index (χ1n) is 12.5. The predicted octanol–water partition coefficient (Wildman–Crippen LogP) is 5.61. The summed E-state index contributed by atoms with van der Waals surface area (Å²) in [4.78, 5) is 2.44. The quantitative estimate of drug-likeness (QED) is 0.391. The van der Waals surface area contributed by atoms with Gasteiger partial charge in [-0.1, -0.05) is 43.3 Å². The Morgan fingerprint density at radius 3 is 1.74 bits per heavy atom. The van der Waals surface area contributed by atoms with Crippen LogP contribution in [0.5, 0.6) is 17.2 Å². The number of hydrogen-bond acceptors (Lipinski definition) is 5. The molecule has 1 heterocycles. The van der Waals surface area contributed by atoms with Crippen molar-refractivity contribution in [3.63, 3.8) is 0 Å². The van der Waals surface area contributed by atoms with Crippen molar-refractivity contribution in [1.29, 1.82) is 0 Å². The fourth-order valence-electron chi connectivity index (χ4n) is 5.13. The summed E-state index contributed by atoms with van der Waals surface area (Å²) in [6.07, 6.45) is 3.32. The first-order valence-corrected chi connectivity index (χ1v) is 12.5. The van der Waals surface area contributed by atoms with Crippen LogP contribution >= 0.6 is 0 Å². The zero-order chi connectivity index (χ0) is 24.7. The summed E-state index contributed by atoms with van der Waals surface area (Å²) in [5.74, 6) is 2.22. The number of benzene rings is 3. The highest BCUT2D eigenvalue weighted by atomic mass is 16.5. The second-order valence-corrected chi connectivity index (χ2v) is 9.15. The molecule has 5 heteroatoms. The Kier molecular flexibility index (Phi) is 8.32. The molecule has 2 unspecified atom stereocenters. The average Bonchev–Trinajstić information content (AvgIpc) is 3.43. The molecule has 1 fully saturated rings. The summed E-state index contributed by atoms with van der Waals surface area (Å²) < 4.78 is 16.7. The molecular formula is C30H37NO4. The molecule has 0 saturated carbocycles. The summed E-state index contributed by atoms with van der Waals surface area (Å²) >= 11 is 0. The standard InChI is InChI=1S/C30H37NO4/c1-4-29(23-7-13-26(33-2)14-8-23)30(32,24-9-15-27(34-3)16-10-24)25-11-17-28(18-12-25)35-22-21-31-19-5-6-20-31/h7-18,29,32H,4-6,19-22H2,1-3H3. The summed E-state index contributed by atoms with van der Waals surface area (Å²) in [5.41, 5.74) is 1.47. The third kappa shape index (κ3) is 5.63. The molecule has 0 bridgehead atoms. The van der Waals surface area contributed by atoms with Gasteiger partial charge in [0.05, 0.1) is 14.2 Å². The Bertz CT molecular complexity index is 1040. The van der Waals surface area contributed by atoms with Crippen LogP contribution in [-0.4, -0.2) is 50.5 Å². The van der Waals surface area contributed by atoms with E-state index in [1.165, 1.54) is 25.9 Å². The van der Waals surface area contributed by atoms with E-state index in [0.29, 0.717) is 6.61 Å². The Labute approximate surface area is 209 Å². The van der Waals surface area contributed by atoms with Gasteiger partial charge in [-0.3, -0.25) is 4.90 Å². The second-order valence-electron chi connectivity index (χ2n) is 9.15. The largest absolute Gasteiger partial charge is 0.497 e. The minimum absolute atomic E-state index is 0.163. The monoisotopic (exact) mass is 475 g/mol. The lowest BCUT2D eigenvalue weighted by Crippen LogP contribution is -2.35. The van der Waals surface area contributed by atoms with Crippen LogP contribution in [-0.2, 0) is 5.60 Å². The molecule has 3 aromatic rings. The summed E-state index contributed by atoms with van der Waals surface area (Å²) in [7, 11) is 3.31. The smallest absolute Gasteiger partial charge is 0.121 e. The van der Waals surface area contributed by atoms with Crippen LogP contribution in [0.2, 0.25) is 0 Å². The van der Waals surface area contributed by atoms with Crippen LogP contribution in [0.4, 0.5) is 0 Å². The zero-order valence-corrected chi connectivity index (χ0v) is 21.1. The van der Waals surface area contributed by atoms with Crippen LogP contribution < -0.4 is 14.2 Å². The predicted molar refractivity (Wildman–Crippen MR) is 140 cm³/mol. The normalized spacial score (nSPS) is 16.5. The Hall–Kier alpha value is -3.02. The molecule has 0 radical (unpaired) electrons. The highest BCUT2D eigenvalue weighted by molar-refractivity contribution is 5.45. The summed E-state index contributed by atoms with van der Waals surface area (Å²) in [5, 5.41) is 12.4. The van der Waals surface area contributed by atoms with E-state index in [0.717, 1.165) is 46.9 Å². The summed E-state index contributed by atoms with van der Waals surface area (Å²) in [6.45, 7) is 6.07. The lowest BCUT2D eigenvalue weighted by molar-refractivity contribution is 0.0475. The van der Waals surface area contributed by atoms with E-state index in [9.17, 15) is 5.11 Å². The minimum atomic E-state index is -1.23. The molecule has 1 aliphatic heterocycles. The first kappa shape index (κ1) is 25.1. The minimum Gasteiger partial charge on any atom is -0.497 e. The van der Waals surface area contributed by atoms with Crippen molar-refractivity contribution in [1.82, 2.24) is 4.90 Å². The van der Waals surface area contributed by atoms with Gasteiger partial charge < -0.3 is 19.3 Å². The van der Waals surface area contributed by atoms with Crippen LogP contribution in [0, 0.1) is 0 Å². The third-order valence-electron chi connectivity index (χ3n) is 7.13. The molecule has 5 nitrogen and oxygen atoms in total. The van der Waals surface area contributed by atoms with E-state index in [1.54, 1.807) is 14.2 Å². The summed E-state index contributed by atoms with van der Waals surface area (Å²) in [6, 6.07) is 23.6. The van der Waals surface area contributed by atoms with Gasteiger partial charge in [0.2, 0.25) is 0 Å². The number of aliphatic hydroxyl groups is 1. The number of rotatable bonds is 11. The molecule has 4 rings (SSSR count). The molecule has 0 amide bonds. The molecular weight excluding hydrogens is 438 g/mol. The van der Waals surface area contributed by atoms with Crippen molar-refractivity contribution in [2.75, 3.05) is 40.5 Å². The van der Waals surface area contributed by atoms with Crippen LogP contribution in [0.15, 0.2) is 72.8 Å². The van der Waals surface area contributed by atoms with Crippen molar-refractivity contribution in [2.45, 2.75) is 37.7 Å². The number of methoxy groups -OCH3 is 2. The molecule has 1 saturated heterocycles. The number of nitrogens with zero attached hydrogens (tertiary/aromatic N) is 1. The van der Waals surface area contributed by atoms with Crippen LogP contribution in [0.3, 0.4) is 0 Å². The molecule has 1 N–H and O–H groups in total. The van der Waals surface area contributed by atoms with Gasteiger partial charge in [-0.2, -0.15) is 0 Å². The van der Waals surface area contributed by atoms with Crippen molar-refractivity contribution in [3.05, 3.63) is 89.5 Å². The lowest BCUT2D eigenvalue weighted by atomic mass is 9.72. The lowest BCUT2D eigenvalue weighted by Gasteiger charge is -2.37. The van der Waals surface area contributed by atoms with Gasteiger partial charge >= 0.3 is 0 Å². The molecule has 3 aromatic carbocycles. The Balaban J connectivity index is 1.63. The SMILES string of the molecule is CCC(c1ccc(OC)cc1)C(O)(c1ccc(OC)cc1)c1ccc(OCCN2CCCC2)cc1. The molecule has 1 aliphatic rings. The number of ether oxygens (including phenoxy) is 3. The highest BCUT2D eigenvalue weighted by Crippen LogP contribution is 2.45. The first-order chi connectivity index (χ1) is 17.1. The molecule has 0 aromatic heterocycles. The molecule has 35 heavy (non-hydrogen) atoms. The van der Waals surface area contributed by atoms with Gasteiger partial charge in [0, 0.05) is 12.5 Å². The van der Waals surface area contributed by atoms with E-state index in [2.05, 4.69) is 11.8 Å². The van der Waals surface area contributed by atoms with E-state index in [-0.39, 0.29) is 5.92 Å². The third-order valence-corrected chi connectivity index (χ3v) is 7.13. The van der Waals surface area contributed by atoms with Gasteiger partial charge in [0.15, 0.2) is 0 Å². The maximum Gasteiger partial charge on any atom is 0.121 e. The van der Waals surface area contributed by atoms with E-state index >= 15 is 0 Å². The number of likely N-dealkylation sites (tertiary alicyclic amines) is 1. The molecule has 0 aliphatic carbocycles. The average molecular weight is 476 g/mol. The van der Waals surface area contributed by atoms with Gasteiger partial charge in [-0.25, -0.2) is 0 Å². The van der Waals surface area contributed by atoms with Crippen molar-refractivity contribution >= 4 is 0 Å². The zero-order valence-electron chi connectivity index (χ0n) is 21.1. The van der Waals surface area contributed by atoms with Crippen molar-refractivity contribution in [2.24, 2.45) is 0 Å². The van der Waals surface area contributed by atoms with Gasteiger partial charge in [0.25, 0.3) is 0 Å². The van der Waals surface area contributed by atoms with E-state index in [1.807, 2.05) is 72.8 Å². The number of hydrogen-bond donors (Lipinski definition) is 1. The molecule has 186 valence electrons. The Morgan fingerprint density at radius 2 is 1.26 bits per heavy atom. The van der Waals surface area contributed by atoms with Gasteiger partial charge in [-0.05, 0) is 85.4 Å². The topological polar surface area (TPSA) is 51.2 Å². The van der Waals surface area contributed by atoms with Crippen LogP contribution in [0.1, 0.15) is 48.8 Å². The highest BCUT2D eigenvalue weighted by Gasteiger charge is 2.40. The van der Waals surface area contributed by atoms with Crippen molar-refractivity contribution in [3.8, 4) is 17.2 Å². The maximum absolute atomic E-state index is 12.4. The van der Waals surface area contributed by atoms with Gasteiger partial charge in [0.1, 0.15) is 29.5 Å². The fourth-order valence-corrected chi connectivity index (χ4v) is 5.13. The molecule has 2 atom stereocenters. The van der Waals surface area contributed by atoms with Crippen molar-refractivity contribution < 1.29 is 19.3 Å².